The van der Waals surface area contributed by atoms with Crippen LogP contribution >= 0.6 is 0 Å². The van der Waals surface area contributed by atoms with Crippen molar-refractivity contribution in [3.05, 3.63) is 96.1 Å². The summed E-state index contributed by atoms with van der Waals surface area (Å²) in [6.07, 6.45) is 0. The summed E-state index contributed by atoms with van der Waals surface area (Å²) in [5.74, 6) is 1.35. The van der Waals surface area contributed by atoms with Gasteiger partial charge < -0.3 is 24.8 Å². The summed E-state index contributed by atoms with van der Waals surface area (Å²) in [6, 6.07) is 23.2. The number of nitrogens with one attached hydrogen (secondary N) is 3. The Morgan fingerprint density at radius 3 is 2.05 bits per heavy atom. The van der Waals surface area contributed by atoms with E-state index < -0.39 is 15.9 Å². The first kappa shape index (κ1) is 29.1. The second-order valence-electron chi connectivity index (χ2n) is 9.41. The maximum Gasteiger partial charge on any atom is 0.263 e. The van der Waals surface area contributed by atoms with Gasteiger partial charge in [0.1, 0.15) is 17.2 Å². The Labute approximate surface area is 248 Å². The molecule has 0 aliphatic rings. The van der Waals surface area contributed by atoms with Crippen molar-refractivity contribution in [2.24, 2.45) is 0 Å². The van der Waals surface area contributed by atoms with Crippen LogP contribution in [0.2, 0.25) is 0 Å². The van der Waals surface area contributed by atoms with E-state index >= 15 is 0 Å². The predicted molar refractivity (Wildman–Crippen MR) is 165 cm³/mol. The van der Waals surface area contributed by atoms with Crippen LogP contribution in [0.5, 0.6) is 17.2 Å². The molecule has 3 N–H and O–H groups in total. The quantitative estimate of drug-likeness (QED) is 0.183. The summed E-state index contributed by atoms with van der Waals surface area (Å²) in [7, 11) is 0.412. The molecule has 5 rings (SSSR count). The van der Waals surface area contributed by atoms with Gasteiger partial charge in [0.05, 0.1) is 37.3 Å². The van der Waals surface area contributed by atoms with Gasteiger partial charge in [0.15, 0.2) is 11.6 Å². The first-order chi connectivity index (χ1) is 20.7. The fourth-order valence-corrected chi connectivity index (χ4v) is 5.32. The number of carbonyl (C=O) groups is 1. The lowest BCUT2D eigenvalue weighted by Crippen LogP contribution is -2.17. The van der Waals surface area contributed by atoms with Gasteiger partial charge in [0, 0.05) is 35.1 Å². The normalized spacial score (nSPS) is 11.1. The van der Waals surface area contributed by atoms with Gasteiger partial charge in [-0.2, -0.15) is 0 Å². The van der Waals surface area contributed by atoms with Crippen LogP contribution in [0.4, 0.5) is 23.0 Å². The van der Waals surface area contributed by atoms with E-state index in [1.54, 1.807) is 60.7 Å². The largest absolute Gasteiger partial charge is 0.497 e. The number of anilines is 4. The minimum atomic E-state index is -4.17. The zero-order chi connectivity index (χ0) is 30.6. The Kier molecular flexibility index (Phi) is 8.30. The maximum absolute atomic E-state index is 13.6. The van der Waals surface area contributed by atoms with E-state index in [9.17, 15) is 13.2 Å². The van der Waals surface area contributed by atoms with E-state index in [0.29, 0.717) is 45.2 Å². The molecule has 11 nitrogen and oxygen atoms in total. The summed E-state index contributed by atoms with van der Waals surface area (Å²) in [5, 5.41) is 5.87. The van der Waals surface area contributed by atoms with E-state index in [0.717, 1.165) is 5.56 Å². The number of amides is 1. The molecule has 1 aromatic heterocycles. The summed E-state index contributed by atoms with van der Waals surface area (Å²) >= 11 is 0. The number of fused-ring (bicyclic) bond motifs is 1. The summed E-state index contributed by atoms with van der Waals surface area (Å²) in [6.45, 7) is 1.87. The Morgan fingerprint density at radius 1 is 0.721 bits per heavy atom. The van der Waals surface area contributed by atoms with Crippen LogP contribution in [0.15, 0.2) is 89.8 Å². The Bertz CT molecular complexity index is 1910. The van der Waals surface area contributed by atoms with Gasteiger partial charge >= 0.3 is 0 Å². The van der Waals surface area contributed by atoms with Crippen LogP contribution in [-0.2, 0) is 10.0 Å². The first-order valence-corrected chi connectivity index (χ1v) is 14.5. The number of methoxy groups -OCH3 is 3. The average molecular weight is 600 g/mol. The van der Waals surface area contributed by atoms with Crippen LogP contribution < -0.4 is 29.6 Å². The molecule has 5 aromatic rings. The molecular formula is C31H29N5O6S. The lowest BCUT2D eigenvalue weighted by atomic mass is 10.1. The number of para-hydroxylation sites is 2. The molecule has 0 fully saturated rings. The van der Waals surface area contributed by atoms with Crippen molar-refractivity contribution in [1.82, 2.24) is 9.97 Å². The molecule has 0 bridgehead atoms. The highest BCUT2D eigenvalue weighted by Gasteiger charge is 2.20. The number of aromatic nitrogens is 2. The standard InChI is InChI=1S/C31H29N5O6S/c1-19-12-13-20(14-28(19)42-4)31(37)33-21-8-7-9-25(17-21)43(38,39)36-30-29(34-26-10-5-6-11-27(26)35-30)32-22-15-23(40-2)18-24(16-22)41-3/h5-18H,1-4H3,(H,32,34)(H,33,37)(H,35,36). The zero-order valence-corrected chi connectivity index (χ0v) is 24.7. The molecule has 0 saturated carbocycles. The smallest absolute Gasteiger partial charge is 0.263 e. The van der Waals surface area contributed by atoms with E-state index in [-0.39, 0.29) is 16.5 Å². The van der Waals surface area contributed by atoms with Crippen molar-refractivity contribution in [2.45, 2.75) is 11.8 Å². The van der Waals surface area contributed by atoms with Gasteiger partial charge in [-0.15, -0.1) is 0 Å². The molecule has 0 unspecified atom stereocenters. The van der Waals surface area contributed by atoms with Gasteiger partial charge in [-0.25, -0.2) is 18.4 Å². The predicted octanol–water partition coefficient (Wildman–Crippen LogP) is 5.76. The lowest BCUT2D eigenvalue weighted by molar-refractivity contribution is 0.102. The van der Waals surface area contributed by atoms with E-state index in [1.165, 1.54) is 39.5 Å². The summed E-state index contributed by atoms with van der Waals surface area (Å²) in [4.78, 5) is 22.0. The van der Waals surface area contributed by atoms with Crippen molar-refractivity contribution >= 4 is 50.0 Å². The Morgan fingerprint density at radius 2 is 1.40 bits per heavy atom. The number of hydrogen-bond acceptors (Lipinski definition) is 9. The molecular weight excluding hydrogens is 570 g/mol. The minimum Gasteiger partial charge on any atom is -0.497 e. The monoisotopic (exact) mass is 599 g/mol. The van der Waals surface area contributed by atoms with Crippen molar-refractivity contribution in [2.75, 3.05) is 36.7 Å². The van der Waals surface area contributed by atoms with Crippen molar-refractivity contribution < 1.29 is 27.4 Å². The molecule has 0 aliphatic carbocycles. The molecule has 0 atom stereocenters. The highest BCUT2D eigenvalue weighted by atomic mass is 32.2. The number of benzene rings is 4. The van der Waals surface area contributed by atoms with Crippen molar-refractivity contribution in [1.29, 1.82) is 0 Å². The van der Waals surface area contributed by atoms with Gasteiger partial charge in [-0.3, -0.25) is 9.52 Å². The second-order valence-corrected chi connectivity index (χ2v) is 11.1. The number of sulfonamides is 1. The van der Waals surface area contributed by atoms with E-state index in [4.69, 9.17) is 14.2 Å². The number of carbonyl (C=O) groups excluding carboxylic acids is 1. The second kappa shape index (κ2) is 12.2. The Balaban J connectivity index is 1.45. The molecule has 4 aromatic carbocycles. The molecule has 0 spiro atoms. The first-order valence-electron chi connectivity index (χ1n) is 13.0. The van der Waals surface area contributed by atoms with E-state index in [1.807, 2.05) is 13.0 Å². The fourth-order valence-electron chi connectivity index (χ4n) is 4.27. The SMILES string of the molecule is COc1cc(Nc2nc3ccccc3nc2NS(=O)(=O)c2cccc(NC(=O)c3ccc(C)c(OC)c3)c2)cc(OC)c1. The maximum atomic E-state index is 13.6. The molecule has 0 saturated heterocycles. The van der Waals surface area contributed by atoms with Crippen LogP contribution in [0.1, 0.15) is 15.9 Å². The van der Waals surface area contributed by atoms with Crippen LogP contribution in [0, 0.1) is 6.92 Å². The van der Waals surface area contributed by atoms with Gasteiger partial charge in [-0.1, -0.05) is 24.3 Å². The van der Waals surface area contributed by atoms with Crippen LogP contribution in [0.25, 0.3) is 11.0 Å². The van der Waals surface area contributed by atoms with Crippen molar-refractivity contribution in [3.63, 3.8) is 0 Å². The van der Waals surface area contributed by atoms with Crippen LogP contribution in [-0.4, -0.2) is 45.6 Å². The molecule has 1 amide bonds. The number of aryl methyl sites for hydroxylation is 1. The highest BCUT2D eigenvalue weighted by Crippen LogP contribution is 2.32. The van der Waals surface area contributed by atoms with Gasteiger partial charge in [-0.05, 0) is 55.0 Å². The topological polar surface area (TPSA) is 141 Å². The van der Waals surface area contributed by atoms with Gasteiger partial charge in [0.2, 0.25) is 0 Å². The van der Waals surface area contributed by atoms with Crippen LogP contribution in [0.3, 0.4) is 0 Å². The van der Waals surface area contributed by atoms with Crippen molar-refractivity contribution in [3.8, 4) is 17.2 Å². The lowest BCUT2D eigenvalue weighted by Gasteiger charge is -2.15. The van der Waals surface area contributed by atoms with Gasteiger partial charge in [0.25, 0.3) is 15.9 Å². The Hall–Kier alpha value is -5.36. The summed E-state index contributed by atoms with van der Waals surface area (Å²) in [5.41, 5.74) is 3.13. The number of rotatable bonds is 10. The zero-order valence-electron chi connectivity index (χ0n) is 23.8. The third-order valence-electron chi connectivity index (χ3n) is 6.49. The van der Waals surface area contributed by atoms with E-state index in [2.05, 4.69) is 25.3 Å². The molecule has 43 heavy (non-hydrogen) atoms. The highest BCUT2D eigenvalue weighted by molar-refractivity contribution is 7.92. The third kappa shape index (κ3) is 6.60. The summed E-state index contributed by atoms with van der Waals surface area (Å²) < 4.78 is 45.8. The molecule has 220 valence electrons. The number of hydrogen-bond donors (Lipinski definition) is 3. The number of ether oxygens (including phenoxy) is 3. The molecule has 0 radical (unpaired) electrons. The molecule has 1 heterocycles. The fraction of sp³-hybridized carbons (Fsp3) is 0.129. The third-order valence-corrected chi connectivity index (χ3v) is 7.82. The minimum absolute atomic E-state index is 0.0262. The molecule has 12 heteroatoms. The average Bonchev–Trinajstić information content (AvgIpc) is 3.01. The number of nitrogens with zero attached hydrogens (tertiary/aromatic N) is 2. The molecule has 0 aliphatic heterocycles.